The van der Waals surface area contributed by atoms with Crippen molar-refractivity contribution in [3.8, 4) is 11.5 Å². The summed E-state index contributed by atoms with van der Waals surface area (Å²) in [4.78, 5) is 15.1. The number of fused-ring (bicyclic) bond motifs is 1. The van der Waals surface area contributed by atoms with E-state index < -0.39 is 0 Å². The Morgan fingerprint density at radius 2 is 1.68 bits per heavy atom. The highest BCUT2D eigenvalue weighted by atomic mass is 35.5. The number of halogens is 2. The number of carbonyl (C=O) groups excluding carboxylic acids is 1. The van der Waals surface area contributed by atoms with Crippen molar-refractivity contribution in [1.29, 1.82) is 0 Å². The van der Waals surface area contributed by atoms with Crippen molar-refractivity contribution in [3.05, 3.63) is 87.4 Å². The fourth-order valence-electron chi connectivity index (χ4n) is 3.93. The number of nitrogens with zero attached hydrogens (tertiary/aromatic N) is 1. The predicted octanol–water partition coefficient (Wildman–Crippen LogP) is 6.19. The summed E-state index contributed by atoms with van der Waals surface area (Å²) in [7, 11) is 3.23. The van der Waals surface area contributed by atoms with Crippen molar-refractivity contribution in [2.45, 2.75) is 12.5 Å². The molecule has 1 aliphatic heterocycles. The van der Waals surface area contributed by atoms with Gasteiger partial charge in [0.2, 0.25) is 0 Å². The third kappa shape index (κ3) is 4.29. The highest BCUT2D eigenvalue weighted by Crippen LogP contribution is 2.41. The number of rotatable bonds is 4. The molecule has 3 aromatic rings. The Morgan fingerprint density at radius 3 is 2.35 bits per heavy atom. The first-order chi connectivity index (χ1) is 15.0. The Hall–Kier alpha value is -2.89. The first-order valence-electron chi connectivity index (χ1n) is 9.84. The quantitative estimate of drug-likeness (QED) is 0.508. The number of amides is 2. The standard InChI is InChI=1S/C24H22Cl2N2O3/c1-30-21-12-16-10-11-28(24(29)27-17-8-9-19(25)20(26)13-17)23(15-6-4-3-5-7-15)18(16)14-22(21)31-2/h3-9,12-14,23H,10-11H2,1-2H3,(H,27,29)/t23-/m0/s1. The molecule has 1 aliphatic rings. The third-order valence-corrected chi connectivity index (χ3v) is 6.16. The fraction of sp³-hybridized carbons (Fsp3) is 0.208. The second kappa shape index (κ2) is 9.08. The van der Waals surface area contributed by atoms with Gasteiger partial charge in [-0.3, -0.25) is 0 Å². The minimum absolute atomic E-state index is 0.215. The minimum atomic E-state index is -0.271. The molecule has 1 atom stereocenters. The molecular formula is C24H22Cl2N2O3. The normalized spacial score (nSPS) is 15.2. The smallest absolute Gasteiger partial charge is 0.322 e. The van der Waals surface area contributed by atoms with Gasteiger partial charge in [0, 0.05) is 12.2 Å². The molecule has 0 aliphatic carbocycles. The molecule has 7 heteroatoms. The number of carbonyl (C=O) groups is 1. The van der Waals surface area contributed by atoms with Gasteiger partial charge >= 0.3 is 6.03 Å². The van der Waals surface area contributed by atoms with Gasteiger partial charge in [-0.2, -0.15) is 0 Å². The lowest BCUT2D eigenvalue weighted by Crippen LogP contribution is -2.43. The molecule has 2 amide bonds. The number of urea groups is 1. The van der Waals surface area contributed by atoms with Gasteiger partial charge in [-0.1, -0.05) is 53.5 Å². The molecule has 0 bridgehead atoms. The molecule has 160 valence electrons. The molecule has 31 heavy (non-hydrogen) atoms. The molecule has 0 spiro atoms. The molecule has 4 rings (SSSR count). The summed E-state index contributed by atoms with van der Waals surface area (Å²) in [5.74, 6) is 1.32. The van der Waals surface area contributed by atoms with Gasteiger partial charge in [0.15, 0.2) is 11.5 Å². The van der Waals surface area contributed by atoms with Crippen LogP contribution in [-0.4, -0.2) is 31.7 Å². The van der Waals surface area contributed by atoms with E-state index in [2.05, 4.69) is 5.32 Å². The Kier molecular flexibility index (Phi) is 6.25. The summed E-state index contributed by atoms with van der Waals surface area (Å²) < 4.78 is 11.0. The van der Waals surface area contributed by atoms with E-state index in [0.717, 1.165) is 16.7 Å². The second-order valence-electron chi connectivity index (χ2n) is 7.22. The monoisotopic (exact) mass is 456 g/mol. The third-order valence-electron chi connectivity index (χ3n) is 5.42. The van der Waals surface area contributed by atoms with Crippen molar-refractivity contribution in [2.75, 3.05) is 26.1 Å². The molecule has 0 unspecified atom stereocenters. The summed E-state index contributed by atoms with van der Waals surface area (Å²) >= 11 is 12.1. The maximum atomic E-state index is 13.3. The topological polar surface area (TPSA) is 50.8 Å². The Bertz CT molecular complexity index is 1110. The molecule has 1 heterocycles. The summed E-state index contributed by atoms with van der Waals surface area (Å²) in [5.41, 5.74) is 3.74. The van der Waals surface area contributed by atoms with E-state index in [9.17, 15) is 4.79 Å². The molecular weight excluding hydrogens is 435 g/mol. The first kappa shape index (κ1) is 21.3. The van der Waals surface area contributed by atoms with Crippen LogP contribution in [0.4, 0.5) is 10.5 Å². The molecule has 3 aromatic carbocycles. The zero-order valence-corrected chi connectivity index (χ0v) is 18.7. The summed E-state index contributed by atoms with van der Waals surface area (Å²) in [5, 5.41) is 3.78. The van der Waals surface area contributed by atoms with Crippen LogP contribution in [0.15, 0.2) is 60.7 Å². The molecule has 0 saturated carbocycles. The molecule has 0 radical (unpaired) electrons. The lowest BCUT2D eigenvalue weighted by atomic mass is 9.88. The van der Waals surface area contributed by atoms with Crippen LogP contribution in [0, 0.1) is 0 Å². The van der Waals surface area contributed by atoms with E-state index in [1.165, 1.54) is 0 Å². The number of methoxy groups -OCH3 is 2. The molecule has 1 N–H and O–H groups in total. The van der Waals surface area contributed by atoms with Gasteiger partial charge in [-0.25, -0.2) is 4.79 Å². The van der Waals surface area contributed by atoms with E-state index >= 15 is 0 Å². The van der Waals surface area contributed by atoms with Gasteiger partial charge in [-0.15, -0.1) is 0 Å². The Morgan fingerprint density at radius 1 is 0.968 bits per heavy atom. The second-order valence-corrected chi connectivity index (χ2v) is 8.04. The van der Waals surface area contributed by atoms with E-state index in [1.807, 2.05) is 47.4 Å². The maximum absolute atomic E-state index is 13.3. The first-order valence-corrected chi connectivity index (χ1v) is 10.6. The van der Waals surface area contributed by atoms with Gasteiger partial charge in [0.25, 0.3) is 0 Å². The van der Waals surface area contributed by atoms with Crippen LogP contribution < -0.4 is 14.8 Å². The van der Waals surface area contributed by atoms with Crippen molar-refractivity contribution in [3.63, 3.8) is 0 Å². The molecule has 0 saturated heterocycles. The Balaban J connectivity index is 1.74. The van der Waals surface area contributed by atoms with Crippen LogP contribution in [0.1, 0.15) is 22.7 Å². The maximum Gasteiger partial charge on any atom is 0.322 e. The van der Waals surface area contributed by atoms with E-state index in [4.69, 9.17) is 32.7 Å². The van der Waals surface area contributed by atoms with Crippen LogP contribution in [0.3, 0.4) is 0 Å². The average molecular weight is 457 g/mol. The number of benzene rings is 3. The van der Waals surface area contributed by atoms with Crippen LogP contribution in [-0.2, 0) is 6.42 Å². The number of hydrogen-bond donors (Lipinski definition) is 1. The summed E-state index contributed by atoms with van der Waals surface area (Å²) in [6.45, 7) is 0.551. The van der Waals surface area contributed by atoms with Crippen LogP contribution in [0.25, 0.3) is 0 Å². The zero-order chi connectivity index (χ0) is 22.0. The van der Waals surface area contributed by atoms with Gasteiger partial charge in [0.05, 0.1) is 30.3 Å². The molecule has 5 nitrogen and oxygen atoms in total. The predicted molar refractivity (Wildman–Crippen MR) is 124 cm³/mol. The highest BCUT2D eigenvalue weighted by Gasteiger charge is 2.33. The van der Waals surface area contributed by atoms with Crippen molar-refractivity contribution in [1.82, 2.24) is 4.90 Å². The van der Waals surface area contributed by atoms with Crippen LogP contribution in [0.2, 0.25) is 10.0 Å². The molecule has 0 fully saturated rings. The number of ether oxygens (including phenoxy) is 2. The van der Waals surface area contributed by atoms with E-state index in [-0.39, 0.29) is 12.1 Å². The highest BCUT2D eigenvalue weighted by molar-refractivity contribution is 6.42. The molecule has 0 aromatic heterocycles. The summed E-state index contributed by atoms with van der Waals surface area (Å²) in [6, 6.07) is 18.5. The van der Waals surface area contributed by atoms with Crippen LogP contribution >= 0.6 is 23.2 Å². The zero-order valence-electron chi connectivity index (χ0n) is 17.2. The van der Waals surface area contributed by atoms with E-state index in [0.29, 0.717) is 40.2 Å². The number of anilines is 1. The van der Waals surface area contributed by atoms with E-state index in [1.54, 1.807) is 32.4 Å². The number of hydrogen-bond acceptors (Lipinski definition) is 3. The SMILES string of the molecule is COc1cc2c(cc1OC)[C@H](c1ccccc1)N(C(=O)Nc1ccc(Cl)c(Cl)c1)CC2. The van der Waals surface area contributed by atoms with Gasteiger partial charge < -0.3 is 19.7 Å². The summed E-state index contributed by atoms with van der Waals surface area (Å²) in [6.07, 6.45) is 0.702. The lowest BCUT2D eigenvalue weighted by molar-refractivity contribution is 0.193. The van der Waals surface area contributed by atoms with Crippen molar-refractivity contribution < 1.29 is 14.3 Å². The van der Waals surface area contributed by atoms with Gasteiger partial charge in [0.1, 0.15) is 0 Å². The number of nitrogens with one attached hydrogen (secondary N) is 1. The minimum Gasteiger partial charge on any atom is -0.493 e. The Labute approximate surface area is 191 Å². The van der Waals surface area contributed by atoms with Gasteiger partial charge in [-0.05, 0) is 53.4 Å². The average Bonchev–Trinajstić information content (AvgIpc) is 2.80. The largest absolute Gasteiger partial charge is 0.493 e. The van der Waals surface area contributed by atoms with Crippen molar-refractivity contribution in [2.24, 2.45) is 0 Å². The lowest BCUT2D eigenvalue weighted by Gasteiger charge is -2.38. The van der Waals surface area contributed by atoms with Crippen LogP contribution in [0.5, 0.6) is 11.5 Å². The fourth-order valence-corrected chi connectivity index (χ4v) is 4.23. The van der Waals surface area contributed by atoms with Crippen molar-refractivity contribution >= 4 is 34.9 Å².